The van der Waals surface area contributed by atoms with E-state index in [4.69, 9.17) is 0 Å². The van der Waals surface area contributed by atoms with Crippen molar-refractivity contribution in [2.75, 3.05) is 0 Å². The Balaban J connectivity index is 0.000000175. The van der Waals surface area contributed by atoms with Crippen LogP contribution in [0.4, 0.5) is 0 Å². The molecule has 0 N–H and O–H groups in total. The summed E-state index contributed by atoms with van der Waals surface area (Å²) in [7, 11) is 2.75. The molecule has 1 heteroatoms. The second-order valence-corrected chi connectivity index (χ2v) is 7.24. The van der Waals surface area contributed by atoms with Crippen LogP contribution in [-0.4, -0.2) is 0 Å². The van der Waals surface area contributed by atoms with Gasteiger partial charge in [-0.15, -0.1) is 9.24 Å². The summed E-state index contributed by atoms with van der Waals surface area (Å²) in [5.74, 6) is 0. The minimum absolute atomic E-state index is 1.07. The molecule has 0 amide bonds. The molecule has 0 radical (unpaired) electrons. The molecule has 3 rings (SSSR count). The average Bonchev–Trinajstić information content (AvgIpc) is 3.02. The molecule has 1 aliphatic rings. The Morgan fingerprint density at radius 1 is 1.12 bits per heavy atom. The maximum Gasteiger partial charge on any atom is -0.0185 e. The minimum atomic E-state index is 1.07. The summed E-state index contributed by atoms with van der Waals surface area (Å²) in [5, 5.41) is 1.23. The van der Waals surface area contributed by atoms with Crippen LogP contribution in [0, 0.1) is 6.92 Å². The van der Waals surface area contributed by atoms with Crippen molar-refractivity contribution in [3.05, 3.63) is 82.4 Å². The Labute approximate surface area is 149 Å². The molecular formula is C23H29P. The van der Waals surface area contributed by atoms with Gasteiger partial charge < -0.3 is 0 Å². The van der Waals surface area contributed by atoms with E-state index in [9.17, 15) is 0 Å². The molecular weight excluding hydrogens is 307 g/mol. The number of hydrogen-bond donors (Lipinski definition) is 0. The van der Waals surface area contributed by atoms with Crippen LogP contribution in [-0.2, 0) is 19.3 Å². The number of rotatable bonds is 3. The van der Waals surface area contributed by atoms with Gasteiger partial charge in [0.25, 0.3) is 0 Å². The van der Waals surface area contributed by atoms with E-state index < -0.39 is 0 Å². The van der Waals surface area contributed by atoms with Gasteiger partial charge in [0.2, 0.25) is 0 Å². The molecule has 0 spiro atoms. The molecule has 2 aromatic carbocycles. The zero-order valence-electron chi connectivity index (χ0n) is 15.2. The van der Waals surface area contributed by atoms with Gasteiger partial charge in [0.05, 0.1) is 0 Å². The van der Waals surface area contributed by atoms with Gasteiger partial charge in [-0.3, -0.25) is 0 Å². The molecule has 0 heterocycles. The van der Waals surface area contributed by atoms with Crippen LogP contribution in [0.2, 0.25) is 0 Å². The van der Waals surface area contributed by atoms with Gasteiger partial charge in [0, 0.05) is 0 Å². The fraction of sp³-hybridized carbons (Fsp3) is 0.304. The molecule has 2 aromatic rings. The first kappa shape index (κ1) is 18.7. The van der Waals surface area contributed by atoms with Crippen molar-refractivity contribution in [3.8, 4) is 0 Å². The summed E-state index contributed by atoms with van der Waals surface area (Å²) in [5.41, 5.74) is 8.28. The van der Waals surface area contributed by atoms with E-state index in [0.717, 1.165) is 5.57 Å². The largest absolute Gasteiger partial charge is 0.105 e. The molecule has 0 bridgehead atoms. The number of benzene rings is 2. The van der Waals surface area contributed by atoms with E-state index in [-0.39, 0.29) is 0 Å². The van der Waals surface area contributed by atoms with Crippen molar-refractivity contribution in [1.82, 2.24) is 0 Å². The fourth-order valence-electron chi connectivity index (χ4n) is 2.92. The molecule has 126 valence electrons. The Kier molecular flexibility index (Phi) is 7.00. The topological polar surface area (TPSA) is 0 Å². The summed E-state index contributed by atoms with van der Waals surface area (Å²) >= 11 is 0. The second kappa shape index (κ2) is 9.00. The third-order valence-corrected chi connectivity index (χ3v) is 4.86. The van der Waals surface area contributed by atoms with Gasteiger partial charge in [-0.1, -0.05) is 73.2 Å². The number of fused-ring (bicyclic) bond motifs is 1. The Bertz CT molecular complexity index is 738. The Morgan fingerprint density at radius 3 is 2.54 bits per heavy atom. The molecule has 0 fully saturated rings. The zero-order valence-corrected chi connectivity index (χ0v) is 16.4. The highest BCUT2D eigenvalue weighted by Gasteiger charge is 2.09. The normalized spacial score (nSPS) is 12.7. The lowest BCUT2D eigenvalue weighted by Crippen LogP contribution is -1.96. The van der Waals surface area contributed by atoms with E-state index in [1.165, 1.54) is 47.7 Å². The van der Waals surface area contributed by atoms with Crippen LogP contribution < -0.4 is 5.30 Å². The van der Waals surface area contributed by atoms with Gasteiger partial charge in [0.1, 0.15) is 0 Å². The number of allylic oxidation sites excluding steroid dienone is 2. The maximum absolute atomic E-state index is 3.82. The van der Waals surface area contributed by atoms with Crippen molar-refractivity contribution in [2.45, 2.75) is 46.5 Å². The van der Waals surface area contributed by atoms with Crippen molar-refractivity contribution in [1.29, 1.82) is 0 Å². The van der Waals surface area contributed by atoms with Crippen molar-refractivity contribution in [2.24, 2.45) is 0 Å². The summed E-state index contributed by atoms with van der Waals surface area (Å²) < 4.78 is 0. The van der Waals surface area contributed by atoms with E-state index in [1.807, 2.05) is 13.0 Å². The first-order valence-electron chi connectivity index (χ1n) is 8.80. The molecule has 0 saturated heterocycles. The SMILES string of the molecule is C=C(C)/C=C/c1ccc(C)cc1P.CCc1ccc2c(c1)CCC2. The lowest BCUT2D eigenvalue weighted by Gasteiger charge is -2.00. The van der Waals surface area contributed by atoms with Gasteiger partial charge in [0.15, 0.2) is 0 Å². The van der Waals surface area contributed by atoms with Gasteiger partial charge in [-0.25, -0.2) is 0 Å². The van der Waals surface area contributed by atoms with E-state index in [0.29, 0.717) is 0 Å². The summed E-state index contributed by atoms with van der Waals surface area (Å²) in [4.78, 5) is 0. The van der Waals surface area contributed by atoms with Crippen molar-refractivity contribution in [3.63, 3.8) is 0 Å². The van der Waals surface area contributed by atoms with Crippen LogP contribution in [0.15, 0.2) is 54.6 Å². The lowest BCUT2D eigenvalue weighted by molar-refractivity contribution is 0.911. The monoisotopic (exact) mass is 336 g/mol. The van der Waals surface area contributed by atoms with Crippen LogP contribution in [0.1, 0.15) is 48.1 Å². The molecule has 1 unspecified atom stereocenters. The highest BCUT2D eigenvalue weighted by molar-refractivity contribution is 7.27. The first-order chi connectivity index (χ1) is 11.5. The number of aryl methyl sites for hydroxylation is 4. The molecule has 1 aliphatic carbocycles. The number of hydrogen-bond acceptors (Lipinski definition) is 0. The Morgan fingerprint density at radius 2 is 1.88 bits per heavy atom. The summed E-state index contributed by atoms with van der Waals surface area (Å²) in [6.07, 6.45) is 9.26. The highest BCUT2D eigenvalue weighted by atomic mass is 31.0. The highest BCUT2D eigenvalue weighted by Crippen LogP contribution is 2.22. The second-order valence-electron chi connectivity index (χ2n) is 6.62. The smallest absolute Gasteiger partial charge is 0.0185 e. The van der Waals surface area contributed by atoms with Gasteiger partial charge in [-0.2, -0.15) is 0 Å². The molecule has 0 nitrogen and oxygen atoms in total. The molecule has 1 atom stereocenters. The molecule has 0 aliphatic heterocycles. The van der Waals surface area contributed by atoms with E-state index >= 15 is 0 Å². The van der Waals surface area contributed by atoms with Gasteiger partial charge in [-0.05, 0) is 67.1 Å². The Hall–Kier alpha value is -1.65. The standard InChI is InChI=1S/C12H15P.C11H14/c1-9(2)4-6-11-7-5-10(3)8-12(11)13;1-2-9-6-7-10-4-3-5-11(10)8-9/h4-8H,1,13H2,2-3H3;6-8H,2-5H2,1H3/b6-4+;. The summed E-state index contributed by atoms with van der Waals surface area (Å²) in [6, 6.07) is 13.3. The quantitative estimate of drug-likeness (QED) is 0.489. The van der Waals surface area contributed by atoms with E-state index in [1.54, 1.807) is 11.1 Å². The third kappa shape index (κ3) is 5.46. The zero-order chi connectivity index (χ0) is 17.5. The van der Waals surface area contributed by atoms with Crippen LogP contribution in [0.25, 0.3) is 6.08 Å². The average molecular weight is 336 g/mol. The van der Waals surface area contributed by atoms with Gasteiger partial charge >= 0.3 is 0 Å². The minimum Gasteiger partial charge on any atom is -0.105 e. The predicted molar refractivity (Wildman–Crippen MR) is 112 cm³/mol. The molecule has 0 aromatic heterocycles. The van der Waals surface area contributed by atoms with Crippen LogP contribution in [0.3, 0.4) is 0 Å². The maximum atomic E-state index is 3.82. The van der Waals surface area contributed by atoms with Crippen molar-refractivity contribution < 1.29 is 0 Å². The van der Waals surface area contributed by atoms with Crippen LogP contribution in [0.5, 0.6) is 0 Å². The lowest BCUT2D eigenvalue weighted by atomic mass is 10.1. The van der Waals surface area contributed by atoms with Crippen LogP contribution >= 0.6 is 9.24 Å². The van der Waals surface area contributed by atoms with Crippen molar-refractivity contribution >= 4 is 20.6 Å². The molecule has 0 saturated carbocycles. The predicted octanol–water partition coefficient (Wildman–Crippen LogP) is 5.82. The fourth-order valence-corrected chi connectivity index (χ4v) is 3.38. The summed E-state index contributed by atoms with van der Waals surface area (Å²) in [6.45, 7) is 10.1. The molecule has 24 heavy (non-hydrogen) atoms. The first-order valence-corrected chi connectivity index (χ1v) is 9.37. The third-order valence-electron chi connectivity index (χ3n) is 4.36. The van der Waals surface area contributed by atoms with E-state index in [2.05, 4.69) is 72.1 Å².